The quantitative estimate of drug-likeness (QED) is 0.764. The third-order valence-electron chi connectivity index (χ3n) is 2.99. The summed E-state index contributed by atoms with van der Waals surface area (Å²) in [4.78, 5) is 1.44. The Balaban J connectivity index is 2.18. The molecule has 1 aromatic heterocycles. The van der Waals surface area contributed by atoms with E-state index in [0.717, 1.165) is 16.6 Å². The van der Waals surface area contributed by atoms with E-state index in [9.17, 15) is 5.11 Å². The lowest BCUT2D eigenvalue weighted by Gasteiger charge is -2.08. The van der Waals surface area contributed by atoms with Gasteiger partial charge in [0.2, 0.25) is 0 Å². The van der Waals surface area contributed by atoms with Crippen molar-refractivity contribution in [3.63, 3.8) is 0 Å². The highest BCUT2D eigenvalue weighted by atomic mass is 16.5. The standard InChI is InChI=1S/C14H13N3O2/c1-9-7-12(13(18)8-14(9)19-2)17-15-10-5-3-4-6-11(10)16-17/h3-8,18H,1-2H3. The maximum absolute atomic E-state index is 10.0. The summed E-state index contributed by atoms with van der Waals surface area (Å²) < 4.78 is 5.17. The minimum atomic E-state index is 0.0859. The highest BCUT2D eigenvalue weighted by Crippen LogP contribution is 2.30. The Labute approximate surface area is 110 Å². The second-order valence-corrected chi connectivity index (χ2v) is 4.29. The van der Waals surface area contributed by atoms with Gasteiger partial charge in [0.05, 0.1) is 7.11 Å². The molecule has 5 nitrogen and oxygen atoms in total. The average molecular weight is 255 g/mol. The van der Waals surface area contributed by atoms with Crippen LogP contribution in [0.2, 0.25) is 0 Å². The van der Waals surface area contributed by atoms with Crippen molar-refractivity contribution in [2.75, 3.05) is 7.11 Å². The normalized spacial score (nSPS) is 10.8. The first-order valence-corrected chi connectivity index (χ1v) is 5.89. The van der Waals surface area contributed by atoms with E-state index in [-0.39, 0.29) is 5.75 Å². The van der Waals surface area contributed by atoms with E-state index < -0.39 is 0 Å². The molecule has 0 aliphatic carbocycles. The number of phenols is 1. The van der Waals surface area contributed by atoms with Crippen LogP contribution in [0, 0.1) is 6.92 Å². The van der Waals surface area contributed by atoms with Crippen molar-refractivity contribution in [3.05, 3.63) is 42.0 Å². The summed E-state index contributed by atoms with van der Waals surface area (Å²) in [6.07, 6.45) is 0. The Morgan fingerprint density at radius 2 is 1.74 bits per heavy atom. The van der Waals surface area contributed by atoms with Gasteiger partial charge in [-0.25, -0.2) is 0 Å². The highest BCUT2D eigenvalue weighted by molar-refractivity contribution is 5.73. The molecule has 2 aromatic carbocycles. The monoisotopic (exact) mass is 255 g/mol. The van der Waals surface area contributed by atoms with Crippen LogP contribution in [0.5, 0.6) is 11.5 Å². The predicted octanol–water partition coefficient (Wildman–Crippen LogP) is 2.44. The molecule has 1 heterocycles. The SMILES string of the molecule is COc1cc(O)c(-n2nc3ccccc3n2)cc1C. The van der Waals surface area contributed by atoms with E-state index in [1.807, 2.05) is 31.2 Å². The Morgan fingerprint density at radius 3 is 2.32 bits per heavy atom. The predicted molar refractivity (Wildman–Crippen MR) is 71.8 cm³/mol. The van der Waals surface area contributed by atoms with E-state index in [4.69, 9.17) is 4.74 Å². The molecule has 0 saturated heterocycles. The summed E-state index contributed by atoms with van der Waals surface area (Å²) in [6, 6.07) is 10.9. The fraction of sp³-hybridized carbons (Fsp3) is 0.143. The van der Waals surface area contributed by atoms with E-state index in [1.54, 1.807) is 19.2 Å². The smallest absolute Gasteiger partial charge is 0.146 e. The summed E-state index contributed by atoms with van der Waals surface area (Å²) in [5.41, 5.74) is 3.02. The van der Waals surface area contributed by atoms with Crippen LogP contribution in [0.15, 0.2) is 36.4 Å². The van der Waals surface area contributed by atoms with Crippen molar-refractivity contribution >= 4 is 11.0 Å². The van der Waals surface area contributed by atoms with Crippen molar-refractivity contribution in [1.82, 2.24) is 15.0 Å². The summed E-state index contributed by atoms with van der Waals surface area (Å²) >= 11 is 0. The van der Waals surface area contributed by atoms with Gasteiger partial charge in [-0.2, -0.15) is 0 Å². The van der Waals surface area contributed by atoms with Crippen LogP contribution in [0.25, 0.3) is 16.7 Å². The summed E-state index contributed by atoms with van der Waals surface area (Å²) in [6.45, 7) is 1.91. The lowest BCUT2D eigenvalue weighted by Crippen LogP contribution is -2.00. The number of phenolic OH excluding ortho intramolecular Hbond substituents is 1. The Bertz CT molecular complexity index is 717. The maximum atomic E-state index is 10.0. The molecule has 96 valence electrons. The molecule has 3 aromatic rings. The molecule has 0 amide bonds. The van der Waals surface area contributed by atoms with Crippen LogP contribution in [-0.2, 0) is 0 Å². The van der Waals surface area contributed by atoms with E-state index in [1.165, 1.54) is 4.80 Å². The molecule has 1 N–H and O–H groups in total. The first-order chi connectivity index (χ1) is 9.19. The number of aromatic nitrogens is 3. The third-order valence-corrected chi connectivity index (χ3v) is 2.99. The molecule has 0 aliphatic rings. The van der Waals surface area contributed by atoms with E-state index in [2.05, 4.69) is 10.2 Å². The van der Waals surface area contributed by atoms with Crippen molar-refractivity contribution in [3.8, 4) is 17.2 Å². The fourth-order valence-corrected chi connectivity index (χ4v) is 2.01. The van der Waals surface area contributed by atoms with Crippen LogP contribution in [0.4, 0.5) is 0 Å². The van der Waals surface area contributed by atoms with Crippen LogP contribution in [0.3, 0.4) is 0 Å². The molecule has 0 atom stereocenters. The lowest BCUT2D eigenvalue weighted by atomic mass is 10.2. The zero-order chi connectivity index (χ0) is 13.4. The first kappa shape index (κ1) is 11.5. The van der Waals surface area contributed by atoms with Crippen molar-refractivity contribution in [2.24, 2.45) is 0 Å². The number of hydrogen-bond donors (Lipinski definition) is 1. The molecular formula is C14H13N3O2. The second-order valence-electron chi connectivity index (χ2n) is 4.29. The average Bonchev–Trinajstić information content (AvgIpc) is 2.84. The number of nitrogens with zero attached hydrogens (tertiary/aromatic N) is 3. The summed E-state index contributed by atoms with van der Waals surface area (Å²) in [5, 5.41) is 18.7. The first-order valence-electron chi connectivity index (χ1n) is 5.89. The number of fused-ring (bicyclic) bond motifs is 1. The van der Waals surface area contributed by atoms with Gasteiger partial charge in [-0.05, 0) is 30.7 Å². The zero-order valence-electron chi connectivity index (χ0n) is 10.7. The van der Waals surface area contributed by atoms with Gasteiger partial charge in [-0.15, -0.1) is 15.0 Å². The number of aromatic hydroxyl groups is 1. The van der Waals surface area contributed by atoms with Crippen LogP contribution < -0.4 is 4.74 Å². The van der Waals surface area contributed by atoms with Crippen molar-refractivity contribution < 1.29 is 9.84 Å². The van der Waals surface area contributed by atoms with E-state index in [0.29, 0.717) is 11.4 Å². The van der Waals surface area contributed by atoms with Gasteiger partial charge in [0.15, 0.2) is 0 Å². The second kappa shape index (κ2) is 4.28. The fourth-order valence-electron chi connectivity index (χ4n) is 2.01. The molecule has 0 bridgehead atoms. The number of ether oxygens (including phenoxy) is 1. The molecular weight excluding hydrogens is 242 g/mol. The number of benzene rings is 2. The topological polar surface area (TPSA) is 60.2 Å². The van der Waals surface area contributed by atoms with E-state index >= 15 is 0 Å². The van der Waals surface area contributed by atoms with Crippen molar-refractivity contribution in [1.29, 1.82) is 0 Å². The molecule has 0 unspecified atom stereocenters. The van der Waals surface area contributed by atoms with Gasteiger partial charge in [-0.3, -0.25) is 0 Å². The van der Waals surface area contributed by atoms with Gasteiger partial charge in [0, 0.05) is 6.07 Å². The molecule has 0 spiro atoms. The number of methoxy groups -OCH3 is 1. The van der Waals surface area contributed by atoms with Crippen molar-refractivity contribution in [2.45, 2.75) is 6.92 Å². The Kier molecular flexibility index (Phi) is 2.59. The molecule has 0 radical (unpaired) electrons. The molecule has 0 fully saturated rings. The van der Waals surface area contributed by atoms with Crippen LogP contribution >= 0.6 is 0 Å². The zero-order valence-corrected chi connectivity index (χ0v) is 10.7. The largest absolute Gasteiger partial charge is 0.505 e. The minimum absolute atomic E-state index is 0.0859. The molecule has 3 rings (SSSR count). The van der Waals surface area contributed by atoms with Gasteiger partial charge in [0.25, 0.3) is 0 Å². The van der Waals surface area contributed by atoms with Gasteiger partial charge in [0.1, 0.15) is 28.2 Å². The minimum Gasteiger partial charge on any atom is -0.505 e. The van der Waals surface area contributed by atoms with Gasteiger partial charge < -0.3 is 9.84 Å². The Hall–Kier alpha value is -2.56. The van der Waals surface area contributed by atoms with Gasteiger partial charge in [-0.1, -0.05) is 12.1 Å². The number of rotatable bonds is 2. The molecule has 19 heavy (non-hydrogen) atoms. The lowest BCUT2D eigenvalue weighted by molar-refractivity contribution is 0.403. The molecule has 0 aliphatic heterocycles. The number of hydrogen-bond acceptors (Lipinski definition) is 4. The maximum Gasteiger partial charge on any atom is 0.146 e. The Morgan fingerprint density at radius 1 is 1.11 bits per heavy atom. The van der Waals surface area contributed by atoms with Gasteiger partial charge >= 0.3 is 0 Å². The number of aryl methyl sites for hydroxylation is 1. The van der Waals surface area contributed by atoms with Crippen LogP contribution in [0.1, 0.15) is 5.56 Å². The molecule has 5 heteroatoms. The summed E-state index contributed by atoms with van der Waals surface area (Å²) in [5.74, 6) is 0.723. The summed E-state index contributed by atoms with van der Waals surface area (Å²) in [7, 11) is 1.57. The highest BCUT2D eigenvalue weighted by Gasteiger charge is 2.11. The third kappa shape index (κ3) is 1.89. The molecule has 0 saturated carbocycles. The van der Waals surface area contributed by atoms with Crippen LogP contribution in [-0.4, -0.2) is 27.2 Å².